The van der Waals surface area contributed by atoms with E-state index in [2.05, 4.69) is 0 Å². The molecule has 0 atom stereocenters. The first kappa shape index (κ1) is 18.9. The van der Waals surface area contributed by atoms with E-state index in [9.17, 15) is 26.7 Å². The molecule has 8 heteroatoms. The van der Waals surface area contributed by atoms with E-state index in [0.717, 1.165) is 16.4 Å². The second-order valence-electron chi connectivity index (χ2n) is 5.65. The Balaban J connectivity index is 3.12. The van der Waals surface area contributed by atoms with Crippen LogP contribution in [0.15, 0.2) is 24.3 Å². The van der Waals surface area contributed by atoms with Crippen molar-refractivity contribution < 1.29 is 26.7 Å². The van der Waals surface area contributed by atoms with Gasteiger partial charge in [0, 0.05) is 13.1 Å². The van der Waals surface area contributed by atoms with Crippen LogP contribution in [-0.2, 0) is 22.0 Å². The van der Waals surface area contributed by atoms with Gasteiger partial charge in [-0.2, -0.15) is 17.5 Å². The number of likely N-dealkylation sites (N-methyl/N-ethyl adjacent to an activating group) is 1. The van der Waals surface area contributed by atoms with Gasteiger partial charge in [-0.1, -0.05) is 25.1 Å². The van der Waals surface area contributed by atoms with Crippen LogP contribution in [0.4, 0.5) is 13.2 Å². The van der Waals surface area contributed by atoms with Gasteiger partial charge in [0.2, 0.25) is 10.0 Å². The van der Waals surface area contributed by atoms with E-state index in [0.29, 0.717) is 0 Å². The molecule has 0 aliphatic heterocycles. The second kappa shape index (κ2) is 6.55. The van der Waals surface area contributed by atoms with E-state index < -0.39 is 33.1 Å². The highest BCUT2D eigenvalue weighted by Crippen LogP contribution is 2.33. The summed E-state index contributed by atoms with van der Waals surface area (Å²) in [5.74, 6) is -0.757. The molecule has 0 unspecified atom stereocenters. The predicted molar refractivity (Wildman–Crippen MR) is 77.6 cm³/mol. The Morgan fingerprint density at radius 1 is 1.18 bits per heavy atom. The zero-order valence-electron chi connectivity index (χ0n) is 12.7. The van der Waals surface area contributed by atoms with Crippen LogP contribution >= 0.6 is 0 Å². The average molecular weight is 339 g/mol. The Bertz CT molecular complexity index is 606. The lowest BCUT2D eigenvalue weighted by molar-refractivity contribution is -0.138. The molecule has 0 amide bonds. The number of halogens is 3. The number of aliphatic hydroxyl groups is 1. The monoisotopic (exact) mass is 339 g/mol. The van der Waals surface area contributed by atoms with Crippen molar-refractivity contribution >= 4 is 10.0 Å². The molecule has 22 heavy (non-hydrogen) atoms. The zero-order valence-corrected chi connectivity index (χ0v) is 13.5. The normalized spacial score (nSPS) is 13.6. The van der Waals surface area contributed by atoms with Gasteiger partial charge in [-0.3, -0.25) is 0 Å². The summed E-state index contributed by atoms with van der Waals surface area (Å²) in [6.45, 7) is 4.34. The van der Waals surface area contributed by atoms with Gasteiger partial charge in [-0.05, 0) is 25.5 Å². The maximum absolute atomic E-state index is 12.9. The lowest BCUT2D eigenvalue weighted by Crippen LogP contribution is -2.42. The minimum Gasteiger partial charge on any atom is -0.389 e. The Kier molecular flexibility index (Phi) is 5.64. The maximum Gasteiger partial charge on any atom is 0.416 e. The molecule has 0 heterocycles. The number of rotatable bonds is 6. The smallest absolute Gasteiger partial charge is 0.389 e. The van der Waals surface area contributed by atoms with Crippen molar-refractivity contribution in [2.75, 3.05) is 13.1 Å². The van der Waals surface area contributed by atoms with Crippen LogP contribution in [0.25, 0.3) is 0 Å². The minimum atomic E-state index is -4.61. The summed E-state index contributed by atoms with van der Waals surface area (Å²) in [6, 6.07) is 4.59. The molecule has 0 aliphatic carbocycles. The molecule has 0 aromatic heterocycles. The van der Waals surface area contributed by atoms with Crippen LogP contribution < -0.4 is 0 Å². The van der Waals surface area contributed by atoms with Crippen molar-refractivity contribution in [1.82, 2.24) is 4.31 Å². The molecular formula is C14H20F3NO3S. The number of nitrogens with zero attached hydrogens (tertiary/aromatic N) is 1. The van der Waals surface area contributed by atoms with Crippen LogP contribution in [0.3, 0.4) is 0 Å². The number of sulfonamides is 1. The van der Waals surface area contributed by atoms with Gasteiger partial charge < -0.3 is 5.11 Å². The Hall–Kier alpha value is -1.12. The SMILES string of the molecule is CCN(CC(C)(C)O)S(=O)(=O)Cc1ccccc1C(F)(F)F. The molecule has 4 nitrogen and oxygen atoms in total. The highest BCUT2D eigenvalue weighted by Gasteiger charge is 2.35. The highest BCUT2D eigenvalue weighted by atomic mass is 32.2. The van der Waals surface area contributed by atoms with Crippen LogP contribution in [0, 0.1) is 0 Å². The molecule has 1 rings (SSSR count). The summed E-state index contributed by atoms with van der Waals surface area (Å²) < 4.78 is 64.4. The van der Waals surface area contributed by atoms with Crippen molar-refractivity contribution in [3.05, 3.63) is 35.4 Å². The van der Waals surface area contributed by atoms with E-state index >= 15 is 0 Å². The Labute approximate surface area is 128 Å². The zero-order chi connectivity index (χ0) is 17.2. The van der Waals surface area contributed by atoms with Gasteiger partial charge >= 0.3 is 6.18 Å². The summed E-state index contributed by atoms with van der Waals surface area (Å²) >= 11 is 0. The Morgan fingerprint density at radius 3 is 2.18 bits per heavy atom. The molecule has 1 aromatic rings. The number of hydrogen-bond donors (Lipinski definition) is 1. The third kappa shape index (κ3) is 5.26. The van der Waals surface area contributed by atoms with Gasteiger partial charge in [-0.15, -0.1) is 0 Å². The minimum absolute atomic E-state index is 0.0699. The molecule has 0 saturated heterocycles. The van der Waals surface area contributed by atoms with Gasteiger partial charge in [0.15, 0.2) is 0 Å². The molecular weight excluding hydrogens is 319 g/mol. The molecule has 0 aliphatic rings. The summed E-state index contributed by atoms with van der Waals surface area (Å²) in [6.07, 6.45) is -4.61. The molecule has 0 radical (unpaired) electrons. The van der Waals surface area contributed by atoms with Crippen LogP contribution in [0.2, 0.25) is 0 Å². The fourth-order valence-electron chi connectivity index (χ4n) is 2.05. The van der Waals surface area contributed by atoms with Crippen LogP contribution in [-0.4, -0.2) is 36.5 Å². The van der Waals surface area contributed by atoms with E-state index in [1.807, 2.05) is 0 Å². The molecule has 0 bridgehead atoms. The molecule has 1 aromatic carbocycles. The van der Waals surface area contributed by atoms with Gasteiger partial charge in [0.1, 0.15) is 0 Å². The number of benzene rings is 1. The van der Waals surface area contributed by atoms with Crippen molar-refractivity contribution in [3.63, 3.8) is 0 Å². The van der Waals surface area contributed by atoms with E-state index in [1.165, 1.54) is 26.0 Å². The van der Waals surface area contributed by atoms with Crippen molar-refractivity contribution in [2.45, 2.75) is 38.3 Å². The van der Waals surface area contributed by atoms with E-state index in [1.54, 1.807) is 6.92 Å². The molecule has 0 spiro atoms. The quantitative estimate of drug-likeness (QED) is 0.867. The topological polar surface area (TPSA) is 57.6 Å². The van der Waals surface area contributed by atoms with Gasteiger partial charge in [0.25, 0.3) is 0 Å². The second-order valence-corrected chi connectivity index (χ2v) is 7.62. The first-order chi connectivity index (χ1) is 9.87. The van der Waals surface area contributed by atoms with Crippen LogP contribution in [0.1, 0.15) is 31.9 Å². The maximum atomic E-state index is 12.9. The van der Waals surface area contributed by atoms with Gasteiger partial charge in [-0.25, -0.2) is 8.42 Å². The lowest BCUT2D eigenvalue weighted by atomic mass is 10.1. The third-order valence-electron chi connectivity index (χ3n) is 2.97. The van der Waals surface area contributed by atoms with E-state index in [-0.39, 0.29) is 18.7 Å². The molecule has 0 saturated carbocycles. The Morgan fingerprint density at radius 2 is 1.73 bits per heavy atom. The fourth-order valence-corrected chi connectivity index (χ4v) is 3.78. The summed E-state index contributed by atoms with van der Waals surface area (Å²) in [5, 5.41) is 9.75. The number of alkyl halides is 3. The average Bonchev–Trinajstić information content (AvgIpc) is 2.33. The summed E-state index contributed by atoms with van der Waals surface area (Å²) in [5.41, 5.74) is -2.53. The summed E-state index contributed by atoms with van der Waals surface area (Å²) in [7, 11) is -3.97. The van der Waals surface area contributed by atoms with Crippen molar-refractivity contribution in [2.24, 2.45) is 0 Å². The predicted octanol–water partition coefficient (Wildman–Crippen LogP) is 2.63. The van der Waals surface area contributed by atoms with Crippen LogP contribution in [0.5, 0.6) is 0 Å². The molecule has 0 fully saturated rings. The van der Waals surface area contributed by atoms with Crippen molar-refractivity contribution in [3.8, 4) is 0 Å². The first-order valence-corrected chi connectivity index (χ1v) is 8.33. The first-order valence-electron chi connectivity index (χ1n) is 6.72. The largest absolute Gasteiger partial charge is 0.416 e. The standard InChI is InChI=1S/C14H20F3NO3S/c1-4-18(10-13(2,3)19)22(20,21)9-11-7-5-6-8-12(11)14(15,16)17/h5-8,19H,4,9-10H2,1-3H3. The lowest BCUT2D eigenvalue weighted by Gasteiger charge is -2.27. The molecule has 126 valence electrons. The fraction of sp³-hybridized carbons (Fsp3) is 0.571. The highest BCUT2D eigenvalue weighted by molar-refractivity contribution is 7.88. The number of hydrogen-bond acceptors (Lipinski definition) is 3. The van der Waals surface area contributed by atoms with Gasteiger partial charge in [0.05, 0.1) is 16.9 Å². The summed E-state index contributed by atoms with van der Waals surface area (Å²) in [4.78, 5) is 0. The third-order valence-corrected chi connectivity index (χ3v) is 4.82. The van der Waals surface area contributed by atoms with E-state index in [4.69, 9.17) is 0 Å². The van der Waals surface area contributed by atoms with Crippen molar-refractivity contribution in [1.29, 1.82) is 0 Å². The molecule has 1 N–H and O–H groups in total.